The Morgan fingerprint density at radius 2 is 1.75 bits per heavy atom. The lowest BCUT2D eigenvalue weighted by Crippen LogP contribution is -2.37. The first-order valence-electron chi connectivity index (χ1n) is 7.64. The van der Waals surface area contributed by atoms with Crippen LogP contribution in [0.1, 0.15) is 16.7 Å². The average molecular weight is 341 g/mol. The van der Waals surface area contributed by atoms with E-state index in [-0.39, 0.29) is 11.2 Å². The van der Waals surface area contributed by atoms with E-state index in [9.17, 15) is 9.59 Å². The largest absolute Gasteiger partial charge is 0.332 e. The molecule has 0 N–H and O–H groups in total. The molecular weight excluding hydrogens is 322 g/mol. The summed E-state index contributed by atoms with van der Waals surface area (Å²) in [5, 5.41) is 0.512. The molecule has 0 aliphatic rings. The molecule has 0 bridgehead atoms. The van der Waals surface area contributed by atoms with Crippen LogP contribution in [0.2, 0.25) is 0 Å². The number of aromatic nitrogens is 3. The van der Waals surface area contributed by atoms with Gasteiger partial charge in [0.2, 0.25) is 0 Å². The Morgan fingerprint density at radius 1 is 1.04 bits per heavy atom. The average Bonchev–Trinajstić information content (AvgIpc) is 2.58. The van der Waals surface area contributed by atoms with Crippen LogP contribution in [0.25, 0.3) is 11.0 Å². The fourth-order valence-electron chi connectivity index (χ4n) is 2.71. The zero-order valence-electron chi connectivity index (χ0n) is 14.2. The number of fused-ring (bicyclic) bond motifs is 1. The summed E-state index contributed by atoms with van der Waals surface area (Å²) in [7, 11) is 3.14. The Balaban J connectivity index is 2.17. The molecule has 3 aromatic rings. The quantitative estimate of drug-likeness (QED) is 0.687. The molecule has 3 rings (SSSR count). The standard InChI is InChI=1S/C18H19N3O2S/c1-11-7-5-6-8-13(11)10-24-15-12(2)9-19-16-14(15)17(22)21(4)18(23)20(16)3/h5-9H,10H2,1-4H3. The van der Waals surface area contributed by atoms with Gasteiger partial charge in [-0.1, -0.05) is 24.3 Å². The topological polar surface area (TPSA) is 56.9 Å². The third-order valence-electron chi connectivity index (χ3n) is 4.23. The van der Waals surface area contributed by atoms with Gasteiger partial charge in [-0.05, 0) is 30.5 Å². The summed E-state index contributed by atoms with van der Waals surface area (Å²) < 4.78 is 2.56. The molecule has 2 heterocycles. The molecular formula is C18H19N3O2S. The van der Waals surface area contributed by atoms with Gasteiger partial charge in [-0.25, -0.2) is 9.78 Å². The lowest BCUT2D eigenvalue weighted by Gasteiger charge is -2.13. The van der Waals surface area contributed by atoms with E-state index in [1.807, 2.05) is 19.1 Å². The van der Waals surface area contributed by atoms with Crippen LogP contribution in [0, 0.1) is 13.8 Å². The van der Waals surface area contributed by atoms with Gasteiger partial charge in [-0.2, -0.15) is 0 Å². The first-order valence-corrected chi connectivity index (χ1v) is 8.63. The summed E-state index contributed by atoms with van der Waals surface area (Å²) >= 11 is 1.61. The van der Waals surface area contributed by atoms with Crippen LogP contribution in [0.5, 0.6) is 0 Å². The van der Waals surface area contributed by atoms with Crippen molar-refractivity contribution in [3.05, 3.63) is 68.0 Å². The number of thioether (sulfide) groups is 1. The van der Waals surface area contributed by atoms with Crippen molar-refractivity contribution in [1.29, 1.82) is 0 Å². The number of hydrogen-bond donors (Lipinski definition) is 0. The number of aryl methyl sites for hydroxylation is 3. The van der Waals surface area contributed by atoms with E-state index in [4.69, 9.17) is 0 Å². The van der Waals surface area contributed by atoms with E-state index in [2.05, 4.69) is 24.0 Å². The van der Waals surface area contributed by atoms with Crippen molar-refractivity contribution in [3.63, 3.8) is 0 Å². The molecule has 0 radical (unpaired) electrons. The smallest absolute Gasteiger partial charge is 0.280 e. The van der Waals surface area contributed by atoms with Gasteiger partial charge < -0.3 is 0 Å². The van der Waals surface area contributed by atoms with Gasteiger partial charge in [0, 0.05) is 30.9 Å². The fraction of sp³-hybridized carbons (Fsp3) is 0.278. The number of pyridine rings is 1. The van der Waals surface area contributed by atoms with Crippen molar-refractivity contribution in [2.24, 2.45) is 14.1 Å². The van der Waals surface area contributed by atoms with E-state index in [0.717, 1.165) is 20.8 Å². The van der Waals surface area contributed by atoms with Gasteiger partial charge in [-0.15, -0.1) is 11.8 Å². The number of hydrogen-bond acceptors (Lipinski definition) is 4. The van der Waals surface area contributed by atoms with Gasteiger partial charge in [0.15, 0.2) is 0 Å². The van der Waals surface area contributed by atoms with Gasteiger partial charge in [0.05, 0.1) is 5.39 Å². The van der Waals surface area contributed by atoms with Crippen LogP contribution >= 0.6 is 11.8 Å². The van der Waals surface area contributed by atoms with Crippen molar-refractivity contribution >= 4 is 22.8 Å². The Labute approximate surface area is 144 Å². The maximum absolute atomic E-state index is 12.6. The van der Waals surface area contributed by atoms with E-state index < -0.39 is 0 Å². The minimum Gasteiger partial charge on any atom is -0.280 e. The predicted molar refractivity (Wildman–Crippen MR) is 97.7 cm³/mol. The molecule has 0 unspecified atom stereocenters. The normalized spacial score (nSPS) is 11.2. The highest BCUT2D eigenvalue weighted by atomic mass is 32.2. The predicted octanol–water partition coefficient (Wildman–Crippen LogP) is 2.54. The minimum atomic E-state index is -0.362. The Morgan fingerprint density at radius 3 is 2.46 bits per heavy atom. The SMILES string of the molecule is Cc1ccccc1CSc1c(C)cnc2c1c(=O)n(C)c(=O)n2C. The van der Waals surface area contributed by atoms with E-state index >= 15 is 0 Å². The van der Waals surface area contributed by atoms with Crippen molar-refractivity contribution in [2.75, 3.05) is 0 Å². The number of rotatable bonds is 3. The first-order chi connectivity index (χ1) is 11.4. The molecule has 24 heavy (non-hydrogen) atoms. The van der Waals surface area contributed by atoms with Crippen molar-refractivity contribution in [1.82, 2.24) is 14.1 Å². The third kappa shape index (κ3) is 2.67. The lowest BCUT2D eigenvalue weighted by atomic mass is 10.1. The molecule has 0 aliphatic heterocycles. The molecule has 0 saturated carbocycles. The fourth-order valence-corrected chi connectivity index (χ4v) is 3.93. The molecule has 6 heteroatoms. The highest BCUT2D eigenvalue weighted by Gasteiger charge is 2.16. The van der Waals surface area contributed by atoms with E-state index in [1.54, 1.807) is 25.0 Å². The summed E-state index contributed by atoms with van der Waals surface area (Å²) in [5.41, 5.74) is 3.17. The molecule has 1 aromatic carbocycles. The second-order valence-electron chi connectivity index (χ2n) is 5.89. The van der Waals surface area contributed by atoms with Crippen LogP contribution in [-0.4, -0.2) is 14.1 Å². The third-order valence-corrected chi connectivity index (χ3v) is 5.50. The second-order valence-corrected chi connectivity index (χ2v) is 6.88. The van der Waals surface area contributed by atoms with Crippen LogP contribution in [0.3, 0.4) is 0 Å². The molecule has 0 spiro atoms. The number of nitrogens with zero attached hydrogens (tertiary/aromatic N) is 3. The van der Waals surface area contributed by atoms with Crippen LogP contribution in [-0.2, 0) is 19.8 Å². The van der Waals surface area contributed by atoms with Gasteiger partial charge in [0.1, 0.15) is 5.65 Å². The first kappa shape index (κ1) is 16.5. The van der Waals surface area contributed by atoms with E-state index in [0.29, 0.717) is 11.0 Å². The second kappa shape index (κ2) is 6.28. The summed E-state index contributed by atoms with van der Waals surface area (Å²) in [6.45, 7) is 4.02. The van der Waals surface area contributed by atoms with Crippen LogP contribution in [0.4, 0.5) is 0 Å². The van der Waals surface area contributed by atoms with Gasteiger partial charge >= 0.3 is 5.69 Å². The van der Waals surface area contributed by atoms with Crippen molar-refractivity contribution < 1.29 is 0 Å². The van der Waals surface area contributed by atoms with E-state index in [1.165, 1.54) is 22.7 Å². The van der Waals surface area contributed by atoms with Crippen molar-refractivity contribution in [2.45, 2.75) is 24.5 Å². The summed E-state index contributed by atoms with van der Waals surface area (Å²) in [5.74, 6) is 0.763. The molecule has 0 aliphatic carbocycles. The van der Waals surface area contributed by atoms with Crippen molar-refractivity contribution in [3.8, 4) is 0 Å². The Kier molecular flexibility index (Phi) is 4.32. The minimum absolute atomic E-state index is 0.295. The lowest BCUT2D eigenvalue weighted by molar-refractivity contribution is 0.705. The maximum atomic E-state index is 12.6. The van der Waals surface area contributed by atoms with Gasteiger partial charge in [0.25, 0.3) is 5.56 Å². The molecule has 2 aromatic heterocycles. The van der Waals surface area contributed by atoms with Crippen LogP contribution < -0.4 is 11.2 Å². The molecule has 5 nitrogen and oxygen atoms in total. The molecule has 0 fully saturated rings. The zero-order chi connectivity index (χ0) is 17.4. The Bertz CT molecular complexity index is 1050. The molecule has 124 valence electrons. The highest BCUT2D eigenvalue weighted by Crippen LogP contribution is 2.30. The van der Waals surface area contributed by atoms with Gasteiger partial charge in [-0.3, -0.25) is 13.9 Å². The summed E-state index contributed by atoms with van der Waals surface area (Å²) in [4.78, 5) is 30.0. The summed E-state index contributed by atoms with van der Waals surface area (Å²) in [6, 6.07) is 8.20. The number of benzene rings is 1. The maximum Gasteiger partial charge on any atom is 0.332 e. The highest BCUT2D eigenvalue weighted by molar-refractivity contribution is 7.98. The summed E-state index contributed by atoms with van der Waals surface area (Å²) in [6.07, 6.45) is 1.72. The Hall–Kier alpha value is -2.34. The zero-order valence-corrected chi connectivity index (χ0v) is 15.0. The molecule has 0 amide bonds. The molecule has 0 saturated heterocycles. The van der Waals surface area contributed by atoms with Crippen LogP contribution in [0.15, 0.2) is 44.9 Å². The molecule has 0 atom stereocenters. The monoisotopic (exact) mass is 341 g/mol.